The number of anilines is 1. The van der Waals surface area contributed by atoms with Gasteiger partial charge in [-0.3, -0.25) is 4.79 Å². The van der Waals surface area contributed by atoms with Gasteiger partial charge in [0.2, 0.25) is 5.91 Å². The Labute approximate surface area is 118 Å². The Morgan fingerprint density at radius 3 is 2.95 bits per heavy atom. The third-order valence-electron chi connectivity index (χ3n) is 2.97. The lowest BCUT2D eigenvalue weighted by Crippen LogP contribution is -2.15. The molecule has 0 aliphatic rings. The first-order valence-electron chi connectivity index (χ1n) is 6.61. The third kappa shape index (κ3) is 3.45. The van der Waals surface area contributed by atoms with E-state index in [4.69, 9.17) is 5.11 Å². The van der Waals surface area contributed by atoms with E-state index in [-0.39, 0.29) is 0 Å². The number of carbonyl (C=O) groups is 1. The van der Waals surface area contributed by atoms with Crippen LogP contribution in [0.15, 0.2) is 36.7 Å². The molecule has 2 N–H and O–H groups in total. The molecule has 0 radical (unpaired) electrons. The Bertz CT molecular complexity index is 590. The quantitative estimate of drug-likeness (QED) is 0.875. The molecule has 5 heteroatoms. The molecule has 0 atom stereocenters. The Balaban J connectivity index is 2.15. The number of imidazole rings is 1. The number of rotatable bonds is 5. The zero-order valence-corrected chi connectivity index (χ0v) is 11.7. The van der Waals surface area contributed by atoms with Crippen LogP contribution < -0.4 is 5.32 Å². The number of hydrogen-bond donors (Lipinski definition) is 2. The van der Waals surface area contributed by atoms with Crippen LogP contribution >= 0.6 is 0 Å². The van der Waals surface area contributed by atoms with Crippen LogP contribution in [-0.2, 0) is 11.3 Å². The molecule has 1 aromatic heterocycles. The number of aromatic nitrogens is 2. The van der Waals surface area contributed by atoms with Gasteiger partial charge in [0.25, 0.3) is 0 Å². The molecular formula is C15H19N3O2. The van der Waals surface area contributed by atoms with E-state index in [9.17, 15) is 4.79 Å². The number of nitrogens with one attached hydrogen (secondary N) is 1. The highest BCUT2D eigenvalue weighted by molar-refractivity contribution is 5.91. The molecular weight excluding hydrogens is 254 g/mol. The molecule has 2 rings (SSSR count). The zero-order valence-electron chi connectivity index (χ0n) is 11.7. The highest BCUT2D eigenvalue weighted by atomic mass is 16.3. The fraction of sp³-hybridized carbons (Fsp3) is 0.333. The molecule has 0 saturated heterocycles. The highest BCUT2D eigenvalue weighted by Crippen LogP contribution is 2.16. The maximum absolute atomic E-state index is 11.2. The van der Waals surface area contributed by atoms with E-state index in [0.29, 0.717) is 18.2 Å². The van der Waals surface area contributed by atoms with Crippen LogP contribution in [0.25, 0.3) is 0 Å². The number of nitrogens with zero attached hydrogens (tertiary/aromatic N) is 2. The van der Waals surface area contributed by atoms with E-state index in [0.717, 1.165) is 11.4 Å². The SMILES string of the molecule is CC(C)c1nccn1Cc1cccc(NC(=O)CO)c1. The lowest BCUT2D eigenvalue weighted by molar-refractivity contribution is -0.118. The minimum atomic E-state index is -0.511. The number of hydrogen-bond acceptors (Lipinski definition) is 3. The van der Waals surface area contributed by atoms with Crippen LogP contribution in [0.3, 0.4) is 0 Å². The van der Waals surface area contributed by atoms with Crippen LogP contribution in [0.2, 0.25) is 0 Å². The van der Waals surface area contributed by atoms with E-state index in [1.807, 2.05) is 24.4 Å². The van der Waals surface area contributed by atoms with Gasteiger partial charge in [0.1, 0.15) is 12.4 Å². The Morgan fingerprint density at radius 2 is 2.25 bits per heavy atom. The van der Waals surface area contributed by atoms with Gasteiger partial charge in [-0.15, -0.1) is 0 Å². The second-order valence-corrected chi connectivity index (χ2v) is 4.97. The lowest BCUT2D eigenvalue weighted by Gasteiger charge is -2.11. The summed E-state index contributed by atoms with van der Waals surface area (Å²) in [6.45, 7) is 4.41. The second-order valence-electron chi connectivity index (χ2n) is 4.97. The van der Waals surface area contributed by atoms with Crippen molar-refractivity contribution >= 4 is 11.6 Å². The summed E-state index contributed by atoms with van der Waals surface area (Å²) in [4.78, 5) is 15.5. The smallest absolute Gasteiger partial charge is 0.250 e. The minimum Gasteiger partial charge on any atom is -0.387 e. The molecule has 0 spiro atoms. The highest BCUT2D eigenvalue weighted by Gasteiger charge is 2.08. The number of amides is 1. The maximum Gasteiger partial charge on any atom is 0.250 e. The summed E-state index contributed by atoms with van der Waals surface area (Å²) in [6, 6.07) is 7.58. The molecule has 106 valence electrons. The molecule has 0 fully saturated rings. The number of aliphatic hydroxyl groups excluding tert-OH is 1. The van der Waals surface area contributed by atoms with Crippen LogP contribution in [0, 0.1) is 0 Å². The molecule has 1 heterocycles. The summed E-state index contributed by atoms with van der Waals surface area (Å²) in [6.07, 6.45) is 3.75. The van der Waals surface area contributed by atoms with E-state index >= 15 is 0 Å². The molecule has 0 saturated carbocycles. The van der Waals surface area contributed by atoms with Gasteiger partial charge in [0, 0.05) is 30.5 Å². The largest absolute Gasteiger partial charge is 0.387 e. The third-order valence-corrected chi connectivity index (χ3v) is 2.97. The molecule has 0 aliphatic carbocycles. The summed E-state index contributed by atoms with van der Waals surface area (Å²) in [7, 11) is 0. The monoisotopic (exact) mass is 273 g/mol. The van der Waals surface area contributed by atoms with Crippen molar-refractivity contribution in [2.75, 3.05) is 11.9 Å². The van der Waals surface area contributed by atoms with Gasteiger partial charge < -0.3 is 15.0 Å². The van der Waals surface area contributed by atoms with Crippen molar-refractivity contribution in [1.29, 1.82) is 0 Å². The first-order chi connectivity index (χ1) is 9.60. The van der Waals surface area contributed by atoms with Crippen LogP contribution in [0.4, 0.5) is 5.69 Å². The Hall–Kier alpha value is -2.14. The van der Waals surface area contributed by atoms with Crippen molar-refractivity contribution in [2.24, 2.45) is 0 Å². The minimum absolute atomic E-state index is 0.363. The number of carbonyl (C=O) groups excluding carboxylic acids is 1. The van der Waals surface area contributed by atoms with Gasteiger partial charge in [-0.1, -0.05) is 26.0 Å². The van der Waals surface area contributed by atoms with Crippen molar-refractivity contribution in [3.05, 3.63) is 48.0 Å². The predicted molar refractivity (Wildman–Crippen MR) is 77.6 cm³/mol. The number of aliphatic hydroxyl groups is 1. The molecule has 0 bridgehead atoms. The standard InChI is InChI=1S/C15H19N3O2/c1-11(2)15-16-6-7-18(15)9-12-4-3-5-13(8-12)17-14(20)10-19/h3-8,11,19H,9-10H2,1-2H3,(H,17,20). The van der Waals surface area contributed by atoms with Gasteiger partial charge in [0.05, 0.1) is 0 Å². The molecule has 0 unspecified atom stereocenters. The Morgan fingerprint density at radius 1 is 1.45 bits per heavy atom. The van der Waals surface area contributed by atoms with Gasteiger partial charge in [-0.25, -0.2) is 4.98 Å². The molecule has 20 heavy (non-hydrogen) atoms. The molecule has 0 aliphatic heterocycles. The average Bonchev–Trinajstić information content (AvgIpc) is 2.87. The van der Waals surface area contributed by atoms with E-state index in [2.05, 4.69) is 28.7 Å². The normalized spacial score (nSPS) is 10.8. The summed E-state index contributed by atoms with van der Waals surface area (Å²) in [5.74, 6) is 0.990. The van der Waals surface area contributed by atoms with Crippen molar-refractivity contribution in [1.82, 2.24) is 9.55 Å². The summed E-state index contributed by atoms with van der Waals surface area (Å²) < 4.78 is 2.09. The van der Waals surface area contributed by atoms with Crippen molar-refractivity contribution < 1.29 is 9.90 Å². The molecule has 2 aromatic rings. The Kier molecular flexibility index (Phi) is 4.53. The second kappa shape index (κ2) is 6.34. The molecule has 1 amide bonds. The van der Waals surface area contributed by atoms with Crippen molar-refractivity contribution in [2.45, 2.75) is 26.3 Å². The fourth-order valence-corrected chi connectivity index (χ4v) is 2.10. The lowest BCUT2D eigenvalue weighted by atomic mass is 10.1. The van der Waals surface area contributed by atoms with Crippen LogP contribution in [-0.4, -0.2) is 27.2 Å². The van der Waals surface area contributed by atoms with Gasteiger partial charge in [-0.05, 0) is 17.7 Å². The summed E-state index contributed by atoms with van der Waals surface area (Å²) in [5.41, 5.74) is 1.76. The van der Waals surface area contributed by atoms with Gasteiger partial charge in [-0.2, -0.15) is 0 Å². The summed E-state index contributed by atoms with van der Waals surface area (Å²) in [5, 5.41) is 11.4. The van der Waals surface area contributed by atoms with Crippen molar-refractivity contribution in [3.63, 3.8) is 0 Å². The van der Waals surface area contributed by atoms with Gasteiger partial charge >= 0.3 is 0 Å². The molecule has 1 aromatic carbocycles. The molecule has 5 nitrogen and oxygen atoms in total. The van der Waals surface area contributed by atoms with E-state index in [1.165, 1.54) is 0 Å². The van der Waals surface area contributed by atoms with Crippen LogP contribution in [0.1, 0.15) is 31.2 Å². The zero-order chi connectivity index (χ0) is 14.5. The van der Waals surface area contributed by atoms with E-state index in [1.54, 1.807) is 12.3 Å². The van der Waals surface area contributed by atoms with Gasteiger partial charge in [0.15, 0.2) is 0 Å². The van der Waals surface area contributed by atoms with E-state index < -0.39 is 12.5 Å². The first kappa shape index (κ1) is 14.3. The summed E-state index contributed by atoms with van der Waals surface area (Å²) >= 11 is 0. The first-order valence-corrected chi connectivity index (χ1v) is 6.61. The maximum atomic E-state index is 11.2. The predicted octanol–water partition coefficient (Wildman–Crippen LogP) is 1.99. The fourth-order valence-electron chi connectivity index (χ4n) is 2.10. The topological polar surface area (TPSA) is 67.2 Å². The average molecular weight is 273 g/mol. The number of benzene rings is 1. The van der Waals surface area contributed by atoms with Crippen LogP contribution in [0.5, 0.6) is 0 Å². The van der Waals surface area contributed by atoms with Crippen molar-refractivity contribution in [3.8, 4) is 0 Å².